The molecule has 3 rings (SSSR count). The van der Waals surface area contributed by atoms with Crippen LogP contribution in [-0.4, -0.2) is 59.4 Å². The molecule has 2 aromatic carbocycles. The zero-order valence-electron chi connectivity index (χ0n) is 16.0. The van der Waals surface area contributed by atoms with Gasteiger partial charge in [0.25, 0.3) is 0 Å². The van der Waals surface area contributed by atoms with Crippen molar-refractivity contribution in [2.45, 2.75) is 37.6 Å². The standard InChI is InChI=1S/C21H23ClO7/c1-3-28-13-7-4-11(5-8-13)16(23)14-10-12(6-9-15(14)22)20-18(25)17(24)19(26)21(27-2)29-20/h4-10,17-21,24-26H,3H2,1-2H3/t17-,18-,19+,20+,21+/m1/s1. The van der Waals surface area contributed by atoms with Crippen molar-refractivity contribution in [1.82, 2.24) is 0 Å². The van der Waals surface area contributed by atoms with Crippen molar-refractivity contribution >= 4 is 17.4 Å². The number of carbonyl (C=O) groups excluding carboxylic acids is 1. The summed E-state index contributed by atoms with van der Waals surface area (Å²) >= 11 is 6.24. The molecule has 3 N–H and O–H groups in total. The number of rotatable bonds is 6. The Morgan fingerprint density at radius 3 is 2.38 bits per heavy atom. The molecule has 1 aliphatic heterocycles. The molecule has 1 fully saturated rings. The van der Waals surface area contributed by atoms with Crippen molar-refractivity contribution in [3.63, 3.8) is 0 Å². The maximum absolute atomic E-state index is 12.9. The summed E-state index contributed by atoms with van der Waals surface area (Å²) in [6.45, 7) is 2.39. The number of methoxy groups -OCH3 is 1. The van der Waals surface area contributed by atoms with E-state index < -0.39 is 30.7 Å². The molecule has 5 atom stereocenters. The Morgan fingerprint density at radius 2 is 1.76 bits per heavy atom. The van der Waals surface area contributed by atoms with Crippen molar-refractivity contribution in [2.75, 3.05) is 13.7 Å². The van der Waals surface area contributed by atoms with Gasteiger partial charge in [-0.25, -0.2) is 0 Å². The number of ketones is 1. The van der Waals surface area contributed by atoms with Gasteiger partial charge in [0.2, 0.25) is 0 Å². The first-order valence-electron chi connectivity index (χ1n) is 9.16. The van der Waals surface area contributed by atoms with Gasteiger partial charge < -0.3 is 29.5 Å². The highest BCUT2D eigenvalue weighted by molar-refractivity contribution is 6.35. The van der Waals surface area contributed by atoms with Crippen molar-refractivity contribution in [1.29, 1.82) is 0 Å². The van der Waals surface area contributed by atoms with E-state index in [0.717, 1.165) is 0 Å². The first-order chi connectivity index (χ1) is 13.9. The highest BCUT2D eigenvalue weighted by atomic mass is 35.5. The second-order valence-corrected chi connectivity index (χ2v) is 7.07. The van der Waals surface area contributed by atoms with Crippen molar-refractivity contribution in [3.05, 3.63) is 64.2 Å². The molecular formula is C21H23ClO7. The van der Waals surface area contributed by atoms with Gasteiger partial charge in [-0.05, 0) is 48.9 Å². The molecule has 8 heteroatoms. The molecule has 0 amide bonds. The van der Waals surface area contributed by atoms with Gasteiger partial charge in [-0.2, -0.15) is 0 Å². The van der Waals surface area contributed by atoms with E-state index >= 15 is 0 Å². The fourth-order valence-electron chi connectivity index (χ4n) is 3.24. The molecule has 0 saturated carbocycles. The average Bonchev–Trinajstić information content (AvgIpc) is 2.73. The highest BCUT2D eigenvalue weighted by Crippen LogP contribution is 2.34. The zero-order valence-corrected chi connectivity index (χ0v) is 16.7. The maximum Gasteiger partial charge on any atom is 0.194 e. The zero-order chi connectivity index (χ0) is 21.1. The Bertz CT molecular complexity index is 853. The van der Waals surface area contributed by atoms with Gasteiger partial charge >= 0.3 is 0 Å². The third-order valence-corrected chi connectivity index (χ3v) is 5.12. The predicted octanol–water partition coefficient (Wildman–Crippen LogP) is 2.10. The molecule has 0 radical (unpaired) electrons. The van der Waals surface area contributed by atoms with E-state index in [0.29, 0.717) is 23.5 Å². The quantitative estimate of drug-likeness (QED) is 0.612. The van der Waals surface area contributed by atoms with E-state index in [1.165, 1.54) is 19.2 Å². The molecule has 1 saturated heterocycles. The minimum atomic E-state index is -1.47. The smallest absolute Gasteiger partial charge is 0.194 e. The molecule has 1 heterocycles. The van der Waals surface area contributed by atoms with Crippen LogP contribution in [0.1, 0.15) is 34.5 Å². The topological polar surface area (TPSA) is 105 Å². The number of carbonyl (C=O) groups is 1. The predicted molar refractivity (Wildman–Crippen MR) is 105 cm³/mol. The summed E-state index contributed by atoms with van der Waals surface area (Å²) in [5, 5.41) is 30.6. The summed E-state index contributed by atoms with van der Waals surface area (Å²) < 4.78 is 16.0. The van der Waals surface area contributed by atoms with Crippen LogP contribution in [-0.2, 0) is 9.47 Å². The first-order valence-corrected chi connectivity index (χ1v) is 9.54. The minimum absolute atomic E-state index is 0.221. The summed E-state index contributed by atoms with van der Waals surface area (Å²) in [6, 6.07) is 11.3. The van der Waals surface area contributed by atoms with E-state index in [1.807, 2.05) is 6.92 Å². The molecule has 0 unspecified atom stereocenters. The third-order valence-electron chi connectivity index (χ3n) is 4.79. The number of benzene rings is 2. The average molecular weight is 423 g/mol. The Labute approximate surface area is 173 Å². The van der Waals surface area contributed by atoms with Crippen LogP contribution >= 0.6 is 11.6 Å². The van der Waals surface area contributed by atoms with Crippen LogP contribution in [0.15, 0.2) is 42.5 Å². The Kier molecular flexibility index (Phi) is 6.89. The number of hydrogen-bond acceptors (Lipinski definition) is 7. The summed E-state index contributed by atoms with van der Waals surface area (Å²) in [7, 11) is 1.32. The van der Waals surface area contributed by atoms with Gasteiger partial charge in [0.15, 0.2) is 12.1 Å². The Hall–Kier alpha value is -2.00. The van der Waals surface area contributed by atoms with Gasteiger partial charge in [-0.1, -0.05) is 17.7 Å². The number of aliphatic hydroxyl groups is 3. The van der Waals surface area contributed by atoms with Crippen molar-refractivity contribution < 1.29 is 34.3 Å². The second kappa shape index (κ2) is 9.21. The van der Waals surface area contributed by atoms with Crippen LogP contribution in [0.5, 0.6) is 5.75 Å². The second-order valence-electron chi connectivity index (χ2n) is 6.66. The molecule has 2 aromatic rings. The van der Waals surface area contributed by atoms with Gasteiger partial charge in [0.1, 0.15) is 30.2 Å². The lowest BCUT2D eigenvalue weighted by Gasteiger charge is -2.40. The van der Waals surface area contributed by atoms with Crippen LogP contribution in [0.3, 0.4) is 0 Å². The molecular weight excluding hydrogens is 400 g/mol. The number of aliphatic hydroxyl groups excluding tert-OH is 3. The van der Waals surface area contributed by atoms with Gasteiger partial charge in [-0.3, -0.25) is 4.79 Å². The Balaban J connectivity index is 1.90. The van der Waals surface area contributed by atoms with Crippen LogP contribution in [0.4, 0.5) is 0 Å². The number of halogens is 1. The molecule has 0 aliphatic carbocycles. The number of hydrogen-bond donors (Lipinski definition) is 3. The first kappa shape index (κ1) is 21.7. The van der Waals surface area contributed by atoms with E-state index in [1.54, 1.807) is 30.3 Å². The fraction of sp³-hybridized carbons (Fsp3) is 0.381. The number of ether oxygens (including phenoxy) is 3. The molecule has 156 valence electrons. The maximum atomic E-state index is 12.9. The molecule has 0 spiro atoms. The lowest BCUT2D eigenvalue weighted by molar-refractivity contribution is -0.292. The van der Waals surface area contributed by atoms with E-state index in [-0.39, 0.29) is 16.4 Å². The molecule has 7 nitrogen and oxygen atoms in total. The van der Waals surface area contributed by atoms with Crippen LogP contribution in [0.25, 0.3) is 0 Å². The lowest BCUT2D eigenvalue weighted by Crippen LogP contribution is -2.54. The SMILES string of the molecule is CCOc1ccc(C(=O)c2cc([C@@H]3O[C@H](OC)[C@@H](O)[C@H](O)[C@H]3O)ccc2Cl)cc1. The summed E-state index contributed by atoms with van der Waals surface area (Å²) in [5.41, 5.74) is 1.06. The molecule has 29 heavy (non-hydrogen) atoms. The van der Waals surface area contributed by atoms with E-state index in [4.69, 9.17) is 25.8 Å². The van der Waals surface area contributed by atoms with Gasteiger partial charge in [-0.15, -0.1) is 0 Å². The van der Waals surface area contributed by atoms with Gasteiger partial charge in [0, 0.05) is 18.2 Å². The summed E-state index contributed by atoms with van der Waals surface area (Å²) in [5.74, 6) is 0.342. The van der Waals surface area contributed by atoms with Crippen molar-refractivity contribution in [3.8, 4) is 5.75 Å². The normalized spacial score (nSPS) is 26.9. The minimum Gasteiger partial charge on any atom is -0.494 e. The van der Waals surface area contributed by atoms with Crippen LogP contribution in [0.2, 0.25) is 5.02 Å². The lowest BCUT2D eigenvalue weighted by atomic mass is 9.92. The summed E-state index contributed by atoms with van der Waals surface area (Å²) in [4.78, 5) is 12.9. The molecule has 1 aliphatic rings. The summed E-state index contributed by atoms with van der Waals surface area (Å²) in [6.07, 6.45) is -6.42. The third kappa shape index (κ3) is 4.45. The molecule has 0 aromatic heterocycles. The fourth-order valence-corrected chi connectivity index (χ4v) is 3.44. The largest absolute Gasteiger partial charge is 0.494 e. The van der Waals surface area contributed by atoms with Crippen molar-refractivity contribution in [2.24, 2.45) is 0 Å². The van der Waals surface area contributed by atoms with Gasteiger partial charge in [0.05, 0.1) is 11.6 Å². The van der Waals surface area contributed by atoms with Crippen LogP contribution in [0, 0.1) is 0 Å². The Morgan fingerprint density at radius 1 is 1.07 bits per heavy atom. The highest BCUT2D eigenvalue weighted by Gasteiger charge is 2.44. The monoisotopic (exact) mass is 422 g/mol. The van der Waals surface area contributed by atoms with Crippen LogP contribution < -0.4 is 4.74 Å². The van der Waals surface area contributed by atoms with E-state index in [2.05, 4.69) is 0 Å². The molecule has 0 bridgehead atoms. The van der Waals surface area contributed by atoms with E-state index in [9.17, 15) is 20.1 Å².